The van der Waals surface area contributed by atoms with E-state index < -0.39 is 7.37 Å². The predicted molar refractivity (Wildman–Crippen MR) is 102 cm³/mol. The third-order valence-electron chi connectivity index (χ3n) is 4.50. The zero-order valence-electron chi connectivity index (χ0n) is 16.4. The van der Waals surface area contributed by atoms with Crippen LogP contribution in [0.3, 0.4) is 0 Å². The lowest BCUT2D eigenvalue weighted by Crippen LogP contribution is -2.41. The van der Waals surface area contributed by atoms with E-state index in [1.54, 1.807) is 13.8 Å². The molecule has 1 unspecified atom stereocenters. The monoisotopic (exact) mass is 379 g/mol. The summed E-state index contributed by atoms with van der Waals surface area (Å²) in [5.41, 5.74) is 0. The second kappa shape index (κ2) is 11.7. The van der Waals surface area contributed by atoms with Crippen molar-refractivity contribution < 1.29 is 19.3 Å². The van der Waals surface area contributed by atoms with Gasteiger partial charge in [-0.05, 0) is 20.8 Å². The maximum atomic E-state index is 12.9. The van der Waals surface area contributed by atoms with Crippen molar-refractivity contribution in [1.82, 2.24) is 14.7 Å². The summed E-state index contributed by atoms with van der Waals surface area (Å²) in [5, 5.41) is 19.5. The Hall–Kier alpha value is -0.0100. The topological polar surface area (TPSA) is 76.5 Å². The molecule has 0 bridgehead atoms. The van der Waals surface area contributed by atoms with E-state index in [0.717, 1.165) is 39.3 Å². The van der Waals surface area contributed by atoms with Gasteiger partial charge in [0, 0.05) is 58.5 Å². The molecule has 0 aromatic carbocycles. The molecular formula is C17H38N3O4P. The van der Waals surface area contributed by atoms with Crippen LogP contribution in [0.1, 0.15) is 27.7 Å². The largest absolute Gasteiger partial charge is 0.392 e. The zero-order valence-corrected chi connectivity index (χ0v) is 17.3. The van der Waals surface area contributed by atoms with E-state index >= 15 is 0 Å². The van der Waals surface area contributed by atoms with Gasteiger partial charge in [0.2, 0.25) is 7.37 Å². The zero-order chi connectivity index (χ0) is 18.9. The molecule has 150 valence electrons. The Balaban J connectivity index is 2.78. The standard InChI is InChI=1S/C17H38N3O4P/c1-5-24-25(23,6-2)15-20-11-9-18(13-16(3)21)7-8-19(10-12-20)14-17(4)22/h16-17,21-22H,5-15H2,1-4H3/t16-,17-,25?/m0/s1. The molecule has 0 aliphatic carbocycles. The van der Waals surface area contributed by atoms with E-state index in [4.69, 9.17) is 4.52 Å². The smallest absolute Gasteiger partial charge is 0.216 e. The number of hydrogen-bond donors (Lipinski definition) is 2. The Bertz CT molecular complexity index is 387. The van der Waals surface area contributed by atoms with Gasteiger partial charge in [-0.25, -0.2) is 0 Å². The van der Waals surface area contributed by atoms with E-state index in [9.17, 15) is 14.8 Å². The van der Waals surface area contributed by atoms with Crippen LogP contribution < -0.4 is 0 Å². The number of aliphatic hydroxyl groups excluding tert-OH is 2. The van der Waals surface area contributed by atoms with Gasteiger partial charge in [-0.2, -0.15) is 0 Å². The molecule has 7 nitrogen and oxygen atoms in total. The maximum absolute atomic E-state index is 12.9. The van der Waals surface area contributed by atoms with Gasteiger partial charge < -0.3 is 14.7 Å². The fraction of sp³-hybridized carbons (Fsp3) is 1.00. The van der Waals surface area contributed by atoms with Gasteiger partial charge in [0.25, 0.3) is 0 Å². The Morgan fingerprint density at radius 2 is 1.28 bits per heavy atom. The molecule has 1 aliphatic rings. The minimum atomic E-state index is -2.62. The number of nitrogens with zero attached hydrogens (tertiary/aromatic N) is 3. The first-order valence-corrected chi connectivity index (χ1v) is 11.5. The molecule has 1 rings (SSSR count). The van der Waals surface area contributed by atoms with Crippen LogP contribution in [-0.4, -0.2) is 109 Å². The van der Waals surface area contributed by atoms with Crippen molar-refractivity contribution in [2.24, 2.45) is 0 Å². The van der Waals surface area contributed by atoms with Crippen LogP contribution in [0.4, 0.5) is 0 Å². The van der Waals surface area contributed by atoms with E-state index in [0.29, 0.717) is 32.1 Å². The fourth-order valence-electron chi connectivity index (χ4n) is 3.21. The lowest BCUT2D eigenvalue weighted by atomic mass is 10.3. The summed E-state index contributed by atoms with van der Waals surface area (Å²) in [6.07, 6.45) is 0.281. The van der Waals surface area contributed by atoms with Crippen molar-refractivity contribution in [3.63, 3.8) is 0 Å². The molecule has 0 saturated carbocycles. The molecule has 8 heteroatoms. The van der Waals surface area contributed by atoms with Crippen LogP contribution >= 0.6 is 7.37 Å². The van der Waals surface area contributed by atoms with Gasteiger partial charge in [-0.3, -0.25) is 19.3 Å². The summed E-state index contributed by atoms with van der Waals surface area (Å²) in [6, 6.07) is 0. The molecule has 1 fully saturated rings. The summed E-state index contributed by atoms with van der Waals surface area (Å²) in [7, 11) is -2.62. The van der Waals surface area contributed by atoms with Crippen molar-refractivity contribution in [2.45, 2.75) is 39.9 Å². The quantitative estimate of drug-likeness (QED) is 0.578. The van der Waals surface area contributed by atoms with E-state index in [2.05, 4.69) is 14.7 Å². The van der Waals surface area contributed by atoms with Gasteiger partial charge in [0.05, 0.1) is 25.1 Å². The average Bonchev–Trinajstić information content (AvgIpc) is 2.60. The Labute approximate surface area is 153 Å². The number of hydrogen-bond acceptors (Lipinski definition) is 7. The summed E-state index contributed by atoms with van der Waals surface area (Å²) in [5.74, 6) is 0. The maximum Gasteiger partial charge on any atom is 0.216 e. The highest BCUT2D eigenvalue weighted by Crippen LogP contribution is 2.46. The van der Waals surface area contributed by atoms with E-state index in [1.165, 1.54) is 0 Å². The molecule has 2 N–H and O–H groups in total. The van der Waals surface area contributed by atoms with Crippen LogP contribution in [0.5, 0.6) is 0 Å². The molecule has 3 atom stereocenters. The van der Waals surface area contributed by atoms with Crippen molar-refractivity contribution in [3.05, 3.63) is 0 Å². The minimum absolute atomic E-state index is 0.371. The summed E-state index contributed by atoms with van der Waals surface area (Å²) < 4.78 is 18.5. The van der Waals surface area contributed by atoms with Crippen LogP contribution in [0.2, 0.25) is 0 Å². The first-order chi connectivity index (χ1) is 11.8. The molecule has 0 aromatic rings. The number of rotatable bonds is 9. The van der Waals surface area contributed by atoms with E-state index in [-0.39, 0.29) is 12.2 Å². The second-order valence-corrected chi connectivity index (χ2v) is 9.91. The molecule has 1 saturated heterocycles. The van der Waals surface area contributed by atoms with Crippen LogP contribution in [-0.2, 0) is 9.09 Å². The van der Waals surface area contributed by atoms with Crippen molar-refractivity contribution in [1.29, 1.82) is 0 Å². The third kappa shape index (κ3) is 9.48. The first-order valence-electron chi connectivity index (χ1n) is 9.53. The Morgan fingerprint density at radius 3 is 1.60 bits per heavy atom. The van der Waals surface area contributed by atoms with Gasteiger partial charge in [-0.1, -0.05) is 6.92 Å². The van der Waals surface area contributed by atoms with Crippen molar-refractivity contribution in [2.75, 3.05) is 71.4 Å². The number of aliphatic hydroxyl groups is 2. The summed E-state index contributed by atoms with van der Waals surface area (Å²) in [4.78, 5) is 6.71. The third-order valence-corrected chi connectivity index (χ3v) is 7.03. The van der Waals surface area contributed by atoms with Crippen LogP contribution in [0.25, 0.3) is 0 Å². The first kappa shape index (κ1) is 23.0. The highest BCUT2D eigenvalue weighted by atomic mass is 31.2. The van der Waals surface area contributed by atoms with E-state index in [1.807, 2.05) is 13.8 Å². The lowest BCUT2D eigenvalue weighted by molar-refractivity contribution is 0.102. The molecule has 1 heterocycles. The second-order valence-electron chi connectivity index (χ2n) is 7.11. The van der Waals surface area contributed by atoms with Gasteiger partial charge >= 0.3 is 0 Å². The molecule has 0 spiro atoms. The highest BCUT2D eigenvalue weighted by Gasteiger charge is 2.26. The average molecular weight is 379 g/mol. The molecule has 25 heavy (non-hydrogen) atoms. The van der Waals surface area contributed by atoms with Crippen LogP contribution in [0.15, 0.2) is 0 Å². The van der Waals surface area contributed by atoms with Crippen molar-refractivity contribution >= 4 is 7.37 Å². The van der Waals surface area contributed by atoms with Gasteiger partial charge in [0.15, 0.2) is 0 Å². The molecule has 0 aromatic heterocycles. The lowest BCUT2D eigenvalue weighted by Gasteiger charge is -2.29. The predicted octanol–water partition coefficient (Wildman–Crippen LogP) is 0.960. The summed E-state index contributed by atoms with van der Waals surface area (Å²) >= 11 is 0. The number of β-amino-alcohol motifs (C(OH)–C–C–N with tert-alkyl or cyclic N) is 2. The minimum Gasteiger partial charge on any atom is -0.392 e. The molecule has 0 radical (unpaired) electrons. The molecule has 0 amide bonds. The summed E-state index contributed by atoms with van der Waals surface area (Å²) in [6.45, 7) is 14.2. The Morgan fingerprint density at radius 1 is 0.880 bits per heavy atom. The molecule has 1 aliphatic heterocycles. The SMILES string of the molecule is CCOP(=O)(CC)CN1CCN(C[C@H](C)O)CCN(C[C@H](C)O)CC1. The highest BCUT2D eigenvalue weighted by molar-refractivity contribution is 7.58. The fourth-order valence-corrected chi connectivity index (χ4v) is 5.04. The molecular weight excluding hydrogens is 341 g/mol. The van der Waals surface area contributed by atoms with Gasteiger partial charge in [-0.15, -0.1) is 0 Å². The Kier molecular flexibility index (Phi) is 10.7. The normalized spacial score (nSPS) is 24.1. The van der Waals surface area contributed by atoms with Crippen molar-refractivity contribution in [3.8, 4) is 0 Å². The van der Waals surface area contributed by atoms with Gasteiger partial charge in [0.1, 0.15) is 0 Å². The van der Waals surface area contributed by atoms with Crippen LogP contribution in [0, 0.1) is 0 Å².